The van der Waals surface area contributed by atoms with Crippen LogP contribution in [0.5, 0.6) is 0 Å². The lowest BCUT2D eigenvalue weighted by Gasteiger charge is -2.15. The lowest BCUT2D eigenvalue weighted by Crippen LogP contribution is -1.97. The molecule has 0 saturated heterocycles. The van der Waals surface area contributed by atoms with E-state index in [0.717, 1.165) is 16.8 Å². The quantitative estimate of drug-likeness (QED) is 0.611. The number of rotatable bonds is 1. The molecule has 0 atom stereocenters. The molecule has 0 fully saturated rings. The first kappa shape index (κ1) is 12.2. The second-order valence-electron chi connectivity index (χ2n) is 3.29. The van der Waals surface area contributed by atoms with Gasteiger partial charge in [0.25, 0.3) is 5.91 Å². The van der Waals surface area contributed by atoms with E-state index in [4.69, 9.17) is 34.1 Å². The van der Waals surface area contributed by atoms with Crippen LogP contribution in [0.15, 0.2) is 45.4 Å². The number of hydrogen-bond acceptors (Lipinski definition) is 2. The molecule has 0 unspecified atom stereocenters. The average Bonchev–Trinajstić information content (AvgIpc) is 2.24. The van der Waals surface area contributed by atoms with Crippen molar-refractivity contribution in [3.05, 3.63) is 41.5 Å². The summed E-state index contributed by atoms with van der Waals surface area (Å²) in [5.41, 5.74) is 2.46. The minimum atomic E-state index is -2.68. The van der Waals surface area contributed by atoms with E-state index in [1.807, 2.05) is 37.3 Å². The highest BCUT2D eigenvalue weighted by atomic mass is 35.9. The van der Waals surface area contributed by atoms with Crippen LogP contribution in [0.3, 0.4) is 0 Å². The van der Waals surface area contributed by atoms with Crippen LogP contribution in [0.2, 0.25) is 0 Å². The summed E-state index contributed by atoms with van der Waals surface area (Å²) in [7, 11) is 0. The highest BCUT2D eigenvalue weighted by molar-refractivity contribution is 8.09. The zero-order valence-electron chi connectivity index (χ0n) is 8.36. The third kappa shape index (κ3) is 2.52. The summed E-state index contributed by atoms with van der Waals surface area (Å²) in [6.07, 6.45) is 0. The van der Waals surface area contributed by atoms with E-state index in [9.17, 15) is 0 Å². The van der Waals surface area contributed by atoms with Gasteiger partial charge in [-0.15, -0.1) is 0 Å². The molecule has 16 heavy (non-hydrogen) atoms. The third-order valence-corrected chi connectivity index (χ3v) is 4.41. The van der Waals surface area contributed by atoms with Gasteiger partial charge in [-0.1, -0.05) is 41.9 Å². The van der Waals surface area contributed by atoms with Gasteiger partial charge < -0.3 is 0 Å². The van der Waals surface area contributed by atoms with Gasteiger partial charge in [-0.25, -0.2) is 9.51 Å². The number of nitrogens with zero attached hydrogens (tertiary/aromatic N) is 2. The van der Waals surface area contributed by atoms with Gasteiger partial charge in [0.15, 0.2) is 0 Å². The summed E-state index contributed by atoms with van der Waals surface area (Å²) in [5.74, 6) is -2.68. The molecule has 0 aromatic heterocycles. The van der Waals surface area contributed by atoms with Crippen molar-refractivity contribution in [1.29, 1.82) is 0 Å². The normalized spacial score (nSPS) is 19.1. The Morgan fingerprint density at radius 2 is 1.75 bits per heavy atom. The molecule has 1 heterocycles. The van der Waals surface area contributed by atoms with Gasteiger partial charge in [0, 0.05) is 11.1 Å². The van der Waals surface area contributed by atoms with Crippen LogP contribution in [-0.2, 0) is 0 Å². The smallest absolute Gasteiger partial charge is 0.216 e. The molecular formula is C10H8Cl3N2P. The summed E-state index contributed by atoms with van der Waals surface area (Å²) in [6.45, 7) is 1.85. The molecular weight excluding hydrogens is 285 g/mol. The summed E-state index contributed by atoms with van der Waals surface area (Å²) in [6, 6.07) is 9.65. The first-order valence-corrected chi connectivity index (χ1v) is 8.42. The van der Waals surface area contributed by atoms with Crippen LogP contribution in [0.4, 0.5) is 0 Å². The summed E-state index contributed by atoms with van der Waals surface area (Å²) in [4.78, 5) is 0. The van der Waals surface area contributed by atoms with E-state index in [2.05, 4.69) is 9.51 Å². The second kappa shape index (κ2) is 4.54. The van der Waals surface area contributed by atoms with Gasteiger partial charge in [-0.05, 0) is 29.4 Å². The first-order chi connectivity index (χ1) is 7.49. The van der Waals surface area contributed by atoms with Crippen molar-refractivity contribution in [2.45, 2.75) is 6.92 Å². The highest BCUT2D eigenvalue weighted by Crippen LogP contribution is 2.65. The fourth-order valence-corrected chi connectivity index (χ4v) is 3.84. The summed E-state index contributed by atoms with van der Waals surface area (Å²) >= 11 is 17.9. The second-order valence-corrected chi connectivity index (χ2v) is 8.30. The maximum Gasteiger partial charge on any atom is 0.254 e. The van der Waals surface area contributed by atoms with E-state index < -0.39 is 5.91 Å². The van der Waals surface area contributed by atoms with Crippen molar-refractivity contribution in [3.8, 4) is 0 Å². The first-order valence-electron chi connectivity index (χ1n) is 4.53. The molecule has 0 N–H and O–H groups in total. The Kier molecular flexibility index (Phi) is 3.46. The molecule has 0 saturated carbocycles. The molecule has 0 bridgehead atoms. The predicted molar refractivity (Wildman–Crippen MR) is 73.4 cm³/mol. The molecule has 1 aliphatic rings. The number of hydrogen-bond donors (Lipinski definition) is 0. The molecule has 1 aliphatic heterocycles. The Morgan fingerprint density at radius 3 is 2.38 bits per heavy atom. The van der Waals surface area contributed by atoms with E-state index in [-0.39, 0.29) is 0 Å². The minimum absolute atomic E-state index is 0.340. The Morgan fingerprint density at radius 1 is 1.12 bits per heavy atom. The van der Waals surface area contributed by atoms with E-state index in [1.165, 1.54) is 0 Å². The molecule has 0 radical (unpaired) electrons. The number of benzene rings is 1. The lowest BCUT2D eigenvalue weighted by molar-refractivity contribution is 1.44. The Labute approximate surface area is 109 Å². The fourth-order valence-electron chi connectivity index (χ4n) is 1.37. The predicted octanol–water partition coefficient (Wildman–Crippen LogP) is 5.49. The third-order valence-electron chi connectivity index (χ3n) is 2.14. The molecule has 0 amide bonds. The molecule has 6 heteroatoms. The number of allylic oxidation sites excluding steroid dienone is 1. The summed E-state index contributed by atoms with van der Waals surface area (Å²) in [5, 5.41) is 0.340. The van der Waals surface area contributed by atoms with Crippen molar-refractivity contribution in [2.75, 3.05) is 0 Å². The standard InChI is InChI=1S/C10H8Cl3N2P/c1-7-9(8-5-3-2-4-6-8)14-16(12,13)15-10(7)11/h2-6H,1H3. The Bertz CT molecular complexity index is 528. The minimum Gasteiger partial charge on any atom is -0.216 e. The van der Waals surface area contributed by atoms with Crippen molar-refractivity contribution >= 4 is 50.9 Å². The monoisotopic (exact) mass is 292 g/mol. The fraction of sp³-hybridized carbons (Fsp3) is 0.100. The highest BCUT2D eigenvalue weighted by Gasteiger charge is 2.21. The van der Waals surface area contributed by atoms with E-state index >= 15 is 0 Å². The Balaban J connectivity index is 2.62. The largest absolute Gasteiger partial charge is 0.254 e. The molecule has 1 aromatic carbocycles. The van der Waals surface area contributed by atoms with Gasteiger partial charge >= 0.3 is 0 Å². The molecule has 2 rings (SSSR count). The van der Waals surface area contributed by atoms with Gasteiger partial charge in [-0.2, -0.15) is 0 Å². The van der Waals surface area contributed by atoms with Gasteiger partial charge in [0.2, 0.25) is 0 Å². The zero-order valence-corrected chi connectivity index (χ0v) is 11.5. The van der Waals surface area contributed by atoms with Crippen LogP contribution in [-0.4, -0.2) is 5.17 Å². The summed E-state index contributed by atoms with van der Waals surface area (Å²) < 4.78 is 8.24. The maximum atomic E-state index is 5.99. The molecule has 84 valence electrons. The van der Waals surface area contributed by atoms with Crippen molar-refractivity contribution in [2.24, 2.45) is 9.51 Å². The van der Waals surface area contributed by atoms with E-state index in [1.54, 1.807) is 0 Å². The van der Waals surface area contributed by atoms with Crippen LogP contribution in [0.25, 0.3) is 5.70 Å². The molecule has 2 nitrogen and oxygen atoms in total. The lowest BCUT2D eigenvalue weighted by atomic mass is 10.1. The topological polar surface area (TPSA) is 24.7 Å². The van der Waals surface area contributed by atoms with Crippen LogP contribution in [0, 0.1) is 0 Å². The van der Waals surface area contributed by atoms with Crippen molar-refractivity contribution in [1.82, 2.24) is 0 Å². The van der Waals surface area contributed by atoms with Crippen LogP contribution < -0.4 is 0 Å². The SMILES string of the molecule is CC1=C(c2ccccc2)N=P(Cl)(Cl)N=C1Cl. The van der Waals surface area contributed by atoms with E-state index in [0.29, 0.717) is 5.17 Å². The molecule has 0 aliphatic carbocycles. The maximum absolute atomic E-state index is 5.99. The van der Waals surface area contributed by atoms with Crippen molar-refractivity contribution in [3.63, 3.8) is 0 Å². The van der Waals surface area contributed by atoms with Crippen molar-refractivity contribution < 1.29 is 0 Å². The molecule has 1 aromatic rings. The Hall–Kier alpha value is -0.270. The van der Waals surface area contributed by atoms with Crippen LogP contribution >= 0.6 is 40.0 Å². The zero-order chi connectivity index (χ0) is 11.8. The van der Waals surface area contributed by atoms with Gasteiger partial charge in [0.05, 0.1) is 5.70 Å². The van der Waals surface area contributed by atoms with Gasteiger partial charge in [0.1, 0.15) is 5.17 Å². The van der Waals surface area contributed by atoms with Gasteiger partial charge in [-0.3, -0.25) is 0 Å². The van der Waals surface area contributed by atoms with Crippen LogP contribution in [0.1, 0.15) is 12.5 Å². The average molecular weight is 294 g/mol. The molecule has 0 spiro atoms. The number of halogens is 3.